The number of nitro groups is 1. The Morgan fingerprint density at radius 3 is 2.64 bits per heavy atom. The fourth-order valence-corrected chi connectivity index (χ4v) is 4.44. The molecule has 2 bridgehead atoms. The second-order valence-electron chi connectivity index (χ2n) is 6.27. The van der Waals surface area contributed by atoms with E-state index < -0.39 is 4.92 Å². The van der Waals surface area contributed by atoms with Crippen molar-refractivity contribution in [3.05, 3.63) is 39.9 Å². The topological polar surface area (TPSA) is 72.2 Å². The molecule has 6 heteroatoms. The zero-order valence-electron chi connectivity index (χ0n) is 12.4. The van der Waals surface area contributed by atoms with E-state index in [1.165, 1.54) is 31.4 Å². The smallest absolute Gasteiger partial charge is 0.269 e. The number of amides is 1. The van der Waals surface area contributed by atoms with E-state index in [2.05, 4.69) is 5.32 Å². The number of nitro benzene ring substituents is 1. The summed E-state index contributed by atoms with van der Waals surface area (Å²) in [7, 11) is 0. The summed E-state index contributed by atoms with van der Waals surface area (Å²) in [4.78, 5) is 22.2. The van der Waals surface area contributed by atoms with Crippen LogP contribution < -0.4 is 5.32 Å². The maximum absolute atomic E-state index is 12.0. The molecule has 0 radical (unpaired) electrons. The molecule has 0 aromatic heterocycles. The van der Waals surface area contributed by atoms with Crippen LogP contribution in [-0.4, -0.2) is 22.6 Å². The molecular weight excluding hydrogens is 300 g/mol. The predicted octanol–water partition coefficient (Wildman–Crippen LogP) is 3.13. The Morgan fingerprint density at radius 2 is 2.05 bits per heavy atom. The third kappa shape index (κ3) is 3.61. The highest BCUT2D eigenvalue weighted by Crippen LogP contribution is 2.44. The van der Waals surface area contributed by atoms with Gasteiger partial charge in [0.05, 0.1) is 10.7 Å². The number of carbonyl (C=O) groups is 1. The summed E-state index contributed by atoms with van der Waals surface area (Å²) in [6, 6.07) is 6.90. The van der Waals surface area contributed by atoms with E-state index in [1.807, 2.05) is 0 Å². The summed E-state index contributed by atoms with van der Waals surface area (Å²) < 4.78 is 0. The fraction of sp³-hybridized carbons (Fsp3) is 0.562. The van der Waals surface area contributed by atoms with Crippen LogP contribution >= 0.6 is 11.8 Å². The molecule has 0 unspecified atom stereocenters. The van der Waals surface area contributed by atoms with Crippen LogP contribution in [0.3, 0.4) is 0 Å². The molecule has 2 aliphatic carbocycles. The summed E-state index contributed by atoms with van der Waals surface area (Å²) in [6.45, 7) is 0. The number of nitrogens with one attached hydrogen (secondary N) is 1. The van der Waals surface area contributed by atoms with E-state index in [4.69, 9.17) is 0 Å². The number of benzene rings is 1. The Hall–Kier alpha value is -1.56. The Bertz CT molecular complexity index is 561. The van der Waals surface area contributed by atoms with Crippen molar-refractivity contribution in [2.75, 3.05) is 5.75 Å². The van der Waals surface area contributed by atoms with Crippen LogP contribution in [0.1, 0.15) is 31.2 Å². The van der Waals surface area contributed by atoms with E-state index in [-0.39, 0.29) is 11.6 Å². The van der Waals surface area contributed by atoms with Gasteiger partial charge in [-0.15, -0.1) is 11.8 Å². The molecule has 2 aliphatic rings. The lowest BCUT2D eigenvalue weighted by Gasteiger charge is -2.22. The minimum atomic E-state index is -0.403. The zero-order chi connectivity index (χ0) is 15.5. The molecular formula is C16H20N2O3S. The molecule has 0 spiro atoms. The van der Waals surface area contributed by atoms with Crippen molar-refractivity contribution in [3.8, 4) is 0 Å². The highest BCUT2D eigenvalue weighted by molar-refractivity contribution is 7.99. The van der Waals surface area contributed by atoms with Crippen molar-refractivity contribution < 1.29 is 9.72 Å². The molecule has 1 N–H and O–H groups in total. The molecule has 3 atom stereocenters. The van der Waals surface area contributed by atoms with Gasteiger partial charge < -0.3 is 5.32 Å². The first-order valence-corrected chi connectivity index (χ1v) is 8.87. The van der Waals surface area contributed by atoms with Crippen LogP contribution in [0.25, 0.3) is 0 Å². The SMILES string of the molecule is O=C(CSCc1ccc([N+](=O)[O-])cc1)N[C@@H]1C[C@@H]2CC[C@@H]1C2. The van der Waals surface area contributed by atoms with Crippen LogP contribution in [0.4, 0.5) is 5.69 Å². The maximum atomic E-state index is 12.0. The average Bonchev–Trinajstić information content (AvgIpc) is 3.10. The third-order valence-electron chi connectivity index (χ3n) is 4.73. The monoisotopic (exact) mass is 320 g/mol. The molecule has 1 aromatic carbocycles. The molecule has 1 aromatic rings. The number of nitrogens with zero attached hydrogens (tertiary/aromatic N) is 1. The van der Waals surface area contributed by atoms with Crippen LogP contribution in [0, 0.1) is 22.0 Å². The summed E-state index contributed by atoms with van der Waals surface area (Å²) >= 11 is 1.55. The van der Waals surface area contributed by atoms with Gasteiger partial charge in [0, 0.05) is 23.9 Å². The highest BCUT2D eigenvalue weighted by Gasteiger charge is 2.39. The number of hydrogen-bond acceptors (Lipinski definition) is 4. The lowest BCUT2D eigenvalue weighted by Crippen LogP contribution is -2.39. The van der Waals surface area contributed by atoms with Gasteiger partial charge in [-0.05, 0) is 36.7 Å². The minimum Gasteiger partial charge on any atom is -0.352 e. The number of hydrogen-bond donors (Lipinski definition) is 1. The summed E-state index contributed by atoms with van der Waals surface area (Å²) in [6.07, 6.45) is 5.06. The van der Waals surface area contributed by atoms with Crippen LogP contribution in [0.2, 0.25) is 0 Å². The summed E-state index contributed by atoms with van der Waals surface area (Å²) in [5.74, 6) is 2.80. The summed E-state index contributed by atoms with van der Waals surface area (Å²) in [5.41, 5.74) is 1.10. The van der Waals surface area contributed by atoms with E-state index in [9.17, 15) is 14.9 Å². The van der Waals surface area contributed by atoms with Gasteiger partial charge in [-0.3, -0.25) is 14.9 Å². The molecule has 1 amide bonds. The van der Waals surface area contributed by atoms with Gasteiger partial charge in [0.1, 0.15) is 0 Å². The van der Waals surface area contributed by atoms with Gasteiger partial charge in [-0.1, -0.05) is 18.6 Å². The molecule has 118 valence electrons. The Balaban J connectivity index is 1.39. The predicted molar refractivity (Wildman–Crippen MR) is 86.6 cm³/mol. The zero-order valence-corrected chi connectivity index (χ0v) is 13.2. The molecule has 5 nitrogen and oxygen atoms in total. The van der Waals surface area contributed by atoms with E-state index in [1.54, 1.807) is 23.9 Å². The first kappa shape index (κ1) is 15.3. The first-order valence-electron chi connectivity index (χ1n) is 7.72. The minimum absolute atomic E-state index is 0.0998. The molecule has 0 aliphatic heterocycles. The van der Waals surface area contributed by atoms with Crippen molar-refractivity contribution in [2.24, 2.45) is 11.8 Å². The highest BCUT2D eigenvalue weighted by atomic mass is 32.2. The lowest BCUT2D eigenvalue weighted by molar-refractivity contribution is -0.384. The lowest BCUT2D eigenvalue weighted by atomic mass is 9.95. The van der Waals surface area contributed by atoms with Crippen molar-refractivity contribution in [3.63, 3.8) is 0 Å². The van der Waals surface area contributed by atoms with Gasteiger partial charge in [0.2, 0.25) is 5.91 Å². The van der Waals surface area contributed by atoms with Crippen LogP contribution in [-0.2, 0) is 10.5 Å². The second kappa shape index (κ2) is 6.69. The van der Waals surface area contributed by atoms with Crippen molar-refractivity contribution in [2.45, 2.75) is 37.5 Å². The Labute approximate surface area is 134 Å². The number of fused-ring (bicyclic) bond motifs is 2. The standard InChI is InChI=1S/C16H20N2O3S/c19-16(17-15-8-12-1-4-13(15)7-12)10-22-9-11-2-5-14(6-3-11)18(20)21/h2-3,5-6,12-13,15H,1,4,7-10H2,(H,17,19)/t12-,13-,15-/m1/s1. The fourth-order valence-electron chi connectivity index (χ4n) is 3.65. The second-order valence-corrected chi connectivity index (χ2v) is 7.25. The Kier molecular flexibility index (Phi) is 4.66. The van der Waals surface area contributed by atoms with E-state index in [0.29, 0.717) is 23.5 Å². The Morgan fingerprint density at radius 1 is 1.27 bits per heavy atom. The molecule has 2 fully saturated rings. The molecule has 0 saturated heterocycles. The normalized spacial score (nSPS) is 26.1. The number of rotatable bonds is 6. The van der Waals surface area contributed by atoms with Gasteiger partial charge in [-0.25, -0.2) is 0 Å². The van der Waals surface area contributed by atoms with Crippen molar-refractivity contribution in [1.82, 2.24) is 5.32 Å². The van der Waals surface area contributed by atoms with Crippen molar-refractivity contribution >= 4 is 23.4 Å². The first-order chi connectivity index (χ1) is 10.6. The van der Waals surface area contributed by atoms with Crippen LogP contribution in [0.15, 0.2) is 24.3 Å². The third-order valence-corrected chi connectivity index (χ3v) is 5.74. The number of non-ortho nitro benzene ring substituents is 1. The number of thioether (sulfide) groups is 1. The van der Waals surface area contributed by atoms with Gasteiger partial charge >= 0.3 is 0 Å². The molecule has 22 heavy (non-hydrogen) atoms. The number of carbonyl (C=O) groups excluding carboxylic acids is 1. The van der Waals surface area contributed by atoms with E-state index in [0.717, 1.165) is 17.9 Å². The largest absolute Gasteiger partial charge is 0.352 e. The van der Waals surface area contributed by atoms with Gasteiger partial charge in [0.25, 0.3) is 5.69 Å². The quantitative estimate of drug-likeness (QED) is 0.645. The van der Waals surface area contributed by atoms with Crippen molar-refractivity contribution in [1.29, 1.82) is 0 Å². The van der Waals surface area contributed by atoms with E-state index >= 15 is 0 Å². The van der Waals surface area contributed by atoms with Crippen LogP contribution in [0.5, 0.6) is 0 Å². The summed E-state index contributed by atoms with van der Waals surface area (Å²) in [5, 5.41) is 13.8. The van der Waals surface area contributed by atoms with Gasteiger partial charge in [-0.2, -0.15) is 0 Å². The molecule has 2 saturated carbocycles. The average molecular weight is 320 g/mol. The molecule has 3 rings (SSSR count). The molecule has 0 heterocycles. The van der Waals surface area contributed by atoms with Gasteiger partial charge in [0.15, 0.2) is 0 Å². The maximum Gasteiger partial charge on any atom is 0.269 e.